The Labute approximate surface area is 163 Å². The van der Waals surface area contributed by atoms with Gasteiger partial charge in [0.1, 0.15) is 5.82 Å². The van der Waals surface area contributed by atoms with E-state index in [9.17, 15) is 4.79 Å². The quantitative estimate of drug-likeness (QED) is 0.693. The fraction of sp³-hybridized carbons (Fsp3) is 0.333. The van der Waals surface area contributed by atoms with Crippen LogP contribution in [0.15, 0.2) is 53.5 Å². The first-order valence-corrected chi connectivity index (χ1v) is 9.40. The van der Waals surface area contributed by atoms with Crippen LogP contribution in [-0.4, -0.2) is 45.3 Å². The van der Waals surface area contributed by atoms with Gasteiger partial charge >= 0.3 is 0 Å². The SMILES string of the molecule is CC1COCCN1c1nc(-c2ccnc(Cc3ccccc3)n2)cc(=O)n1C. The van der Waals surface area contributed by atoms with E-state index < -0.39 is 0 Å². The van der Waals surface area contributed by atoms with Crippen molar-refractivity contribution >= 4 is 5.95 Å². The summed E-state index contributed by atoms with van der Waals surface area (Å²) >= 11 is 0. The standard InChI is InChI=1S/C21H23N5O2/c1-15-14-28-11-10-26(15)21-24-18(13-20(27)25(21)2)17-8-9-22-19(23-17)12-16-6-4-3-5-7-16/h3-9,13,15H,10-12,14H2,1-2H3. The zero-order valence-electron chi connectivity index (χ0n) is 16.1. The number of ether oxygens (including phenoxy) is 1. The maximum Gasteiger partial charge on any atom is 0.255 e. The van der Waals surface area contributed by atoms with E-state index in [-0.39, 0.29) is 11.6 Å². The molecule has 4 rings (SSSR count). The zero-order valence-corrected chi connectivity index (χ0v) is 16.1. The Morgan fingerprint density at radius 1 is 1.14 bits per heavy atom. The number of nitrogens with zero attached hydrogens (tertiary/aromatic N) is 5. The van der Waals surface area contributed by atoms with E-state index in [1.165, 1.54) is 6.07 Å². The lowest BCUT2D eigenvalue weighted by Crippen LogP contribution is -2.46. The van der Waals surface area contributed by atoms with Gasteiger partial charge < -0.3 is 9.64 Å². The molecular formula is C21H23N5O2. The first kappa shape index (κ1) is 18.3. The summed E-state index contributed by atoms with van der Waals surface area (Å²) in [6.07, 6.45) is 2.35. The summed E-state index contributed by atoms with van der Waals surface area (Å²) in [5.41, 5.74) is 2.25. The molecule has 0 radical (unpaired) electrons. The Morgan fingerprint density at radius 3 is 2.75 bits per heavy atom. The van der Waals surface area contributed by atoms with E-state index >= 15 is 0 Å². The van der Waals surface area contributed by atoms with Crippen molar-refractivity contribution in [2.24, 2.45) is 7.05 Å². The molecule has 3 heterocycles. The predicted octanol–water partition coefficient (Wildman–Crippen LogP) is 2.05. The Hall–Kier alpha value is -3.06. The lowest BCUT2D eigenvalue weighted by molar-refractivity contribution is 0.0976. The average Bonchev–Trinajstić information content (AvgIpc) is 2.71. The summed E-state index contributed by atoms with van der Waals surface area (Å²) in [6.45, 7) is 4.02. The highest BCUT2D eigenvalue weighted by Gasteiger charge is 2.23. The highest BCUT2D eigenvalue weighted by Crippen LogP contribution is 2.20. The molecule has 1 aliphatic heterocycles. The molecular weight excluding hydrogens is 354 g/mol. The molecule has 144 valence electrons. The monoisotopic (exact) mass is 377 g/mol. The summed E-state index contributed by atoms with van der Waals surface area (Å²) in [7, 11) is 1.75. The van der Waals surface area contributed by atoms with Crippen molar-refractivity contribution in [2.45, 2.75) is 19.4 Å². The van der Waals surface area contributed by atoms with E-state index in [0.717, 1.165) is 5.56 Å². The second-order valence-electron chi connectivity index (χ2n) is 6.98. The second-order valence-corrected chi connectivity index (χ2v) is 6.98. The fourth-order valence-electron chi connectivity index (χ4n) is 3.35. The molecule has 28 heavy (non-hydrogen) atoms. The van der Waals surface area contributed by atoms with Crippen molar-refractivity contribution in [3.8, 4) is 11.4 Å². The molecule has 0 spiro atoms. The van der Waals surface area contributed by atoms with E-state index in [4.69, 9.17) is 9.72 Å². The Bertz CT molecular complexity index is 1020. The van der Waals surface area contributed by atoms with Gasteiger partial charge in [-0.25, -0.2) is 15.0 Å². The van der Waals surface area contributed by atoms with Crippen molar-refractivity contribution in [3.63, 3.8) is 0 Å². The molecule has 2 aromatic heterocycles. The lowest BCUT2D eigenvalue weighted by atomic mass is 10.1. The minimum atomic E-state index is -0.109. The Balaban J connectivity index is 1.69. The van der Waals surface area contributed by atoms with E-state index in [2.05, 4.69) is 21.8 Å². The average molecular weight is 377 g/mol. The minimum Gasteiger partial charge on any atom is -0.377 e. The third-order valence-electron chi connectivity index (χ3n) is 4.91. The summed E-state index contributed by atoms with van der Waals surface area (Å²) in [4.78, 5) is 28.5. The van der Waals surface area contributed by atoms with Crippen molar-refractivity contribution in [1.29, 1.82) is 0 Å². The van der Waals surface area contributed by atoms with E-state index in [1.807, 2.05) is 30.3 Å². The van der Waals surface area contributed by atoms with Crippen LogP contribution in [0.1, 0.15) is 18.3 Å². The molecule has 7 heteroatoms. The van der Waals surface area contributed by atoms with Gasteiger partial charge in [-0.15, -0.1) is 0 Å². The highest BCUT2D eigenvalue weighted by atomic mass is 16.5. The second kappa shape index (κ2) is 7.90. The highest BCUT2D eigenvalue weighted by molar-refractivity contribution is 5.55. The van der Waals surface area contributed by atoms with Gasteiger partial charge in [0.2, 0.25) is 5.95 Å². The molecule has 0 N–H and O–H groups in total. The number of anilines is 1. The van der Waals surface area contributed by atoms with Crippen LogP contribution in [0.2, 0.25) is 0 Å². The van der Waals surface area contributed by atoms with Gasteiger partial charge in [0.25, 0.3) is 5.56 Å². The molecule has 0 bridgehead atoms. The molecule has 3 aromatic rings. The number of rotatable bonds is 4. The third kappa shape index (κ3) is 3.80. The van der Waals surface area contributed by atoms with Crippen LogP contribution in [0.25, 0.3) is 11.4 Å². The topological polar surface area (TPSA) is 73.1 Å². The Kier molecular flexibility index (Phi) is 5.16. The molecule has 1 aromatic carbocycles. The molecule has 1 unspecified atom stereocenters. The molecule has 0 aliphatic carbocycles. The summed E-state index contributed by atoms with van der Waals surface area (Å²) in [5, 5.41) is 0. The Morgan fingerprint density at radius 2 is 1.96 bits per heavy atom. The smallest absolute Gasteiger partial charge is 0.255 e. The first-order chi connectivity index (χ1) is 13.6. The molecule has 7 nitrogen and oxygen atoms in total. The maximum absolute atomic E-state index is 12.6. The van der Waals surface area contributed by atoms with Gasteiger partial charge in [0.15, 0.2) is 0 Å². The van der Waals surface area contributed by atoms with Crippen LogP contribution in [0, 0.1) is 0 Å². The minimum absolute atomic E-state index is 0.109. The van der Waals surface area contributed by atoms with Crippen molar-refractivity contribution in [1.82, 2.24) is 19.5 Å². The largest absolute Gasteiger partial charge is 0.377 e. The van der Waals surface area contributed by atoms with Crippen molar-refractivity contribution < 1.29 is 4.74 Å². The number of aromatic nitrogens is 4. The number of benzene rings is 1. The van der Waals surface area contributed by atoms with Crippen molar-refractivity contribution in [3.05, 3.63) is 70.4 Å². The first-order valence-electron chi connectivity index (χ1n) is 9.40. The maximum atomic E-state index is 12.6. The van der Waals surface area contributed by atoms with E-state index in [0.29, 0.717) is 49.3 Å². The van der Waals surface area contributed by atoms with Gasteiger partial charge in [0, 0.05) is 32.3 Å². The van der Waals surface area contributed by atoms with Crippen LogP contribution in [0.3, 0.4) is 0 Å². The fourth-order valence-corrected chi connectivity index (χ4v) is 3.35. The van der Waals surface area contributed by atoms with Crippen LogP contribution in [0.5, 0.6) is 0 Å². The van der Waals surface area contributed by atoms with Crippen LogP contribution < -0.4 is 10.5 Å². The van der Waals surface area contributed by atoms with Crippen molar-refractivity contribution in [2.75, 3.05) is 24.7 Å². The molecule has 1 saturated heterocycles. The molecule has 0 saturated carbocycles. The van der Waals surface area contributed by atoms with Crippen LogP contribution in [0.4, 0.5) is 5.95 Å². The number of hydrogen-bond acceptors (Lipinski definition) is 6. The molecule has 1 aliphatic rings. The zero-order chi connectivity index (χ0) is 19.5. The lowest BCUT2D eigenvalue weighted by Gasteiger charge is -2.34. The molecule has 1 fully saturated rings. The predicted molar refractivity (Wildman–Crippen MR) is 107 cm³/mol. The van der Waals surface area contributed by atoms with Crippen LogP contribution in [-0.2, 0) is 18.2 Å². The summed E-state index contributed by atoms with van der Waals surface area (Å²) in [6, 6.07) is 13.6. The van der Waals surface area contributed by atoms with Gasteiger partial charge in [-0.2, -0.15) is 0 Å². The third-order valence-corrected chi connectivity index (χ3v) is 4.91. The van der Waals surface area contributed by atoms with Gasteiger partial charge in [-0.1, -0.05) is 30.3 Å². The van der Waals surface area contributed by atoms with E-state index in [1.54, 1.807) is 23.9 Å². The van der Waals surface area contributed by atoms with Gasteiger partial charge in [-0.05, 0) is 18.6 Å². The van der Waals surface area contributed by atoms with Gasteiger partial charge in [-0.3, -0.25) is 9.36 Å². The van der Waals surface area contributed by atoms with Crippen LogP contribution >= 0.6 is 0 Å². The molecule has 0 amide bonds. The number of morpholine rings is 1. The molecule has 1 atom stereocenters. The number of hydrogen-bond donors (Lipinski definition) is 0. The summed E-state index contributed by atoms with van der Waals surface area (Å²) < 4.78 is 7.09. The summed E-state index contributed by atoms with van der Waals surface area (Å²) in [5.74, 6) is 1.34. The van der Waals surface area contributed by atoms with Gasteiger partial charge in [0.05, 0.1) is 30.6 Å². The normalized spacial score (nSPS) is 16.9.